The molecule has 0 aliphatic rings. The summed E-state index contributed by atoms with van der Waals surface area (Å²) in [4.78, 5) is 12.0. The Hall–Kier alpha value is -2.25. The van der Waals surface area contributed by atoms with Crippen LogP contribution in [0.1, 0.15) is 25.3 Å². The molecule has 0 saturated carbocycles. The van der Waals surface area contributed by atoms with E-state index in [1.54, 1.807) is 6.92 Å². The Morgan fingerprint density at radius 1 is 1.43 bits per heavy atom. The molecule has 1 unspecified atom stereocenters. The summed E-state index contributed by atoms with van der Waals surface area (Å²) in [5.74, 6) is -2.07. The van der Waals surface area contributed by atoms with Crippen LogP contribution in [0.25, 0.3) is 0 Å². The van der Waals surface area contributed by atoms with Crippen LogP contribution in [0.5, 0.6) is 0 Å². The van der Waals surface area contributed by atoms with Gasteiger partial charge in [0.2, 0.25) is 5.91 Å². The quantitative estimate of drug-likeness (QED) is 0.338. The summed E-state index contributed by atoms with van der Waals surface area (Å²) in [6.07, 6.45) is -3.77. The Labute approximate surface area is 119 Å². The van der Waals surface area contributed by atoms with Crippen LogP contribution in [0.3, 0.4) is 0 Å². The predicted octanol–water partition coefficient (Wildman–Crippen LogP) is 2.81. The lowest BCUT2D eigenvalue weighted by molar-refractivity contribution is -0.137. The second-order valence-corrected chi connectivity index (χ2v) is 4.40. The van der Waals surface area contributed by atoms with Gasteiger partial charge in [-0.25, -0.2) is 0 Å². The van der Waals surface area contributed by atoms with Gasteiger partial charge in [0.25, 0.3) is 0 Å². The number of carbonyl (C=O) groups is 1. The van der Waals surface area contributed by atoms with E-state index in [1.165, 1.54) is 12.1 Å². The third-order valence-electron chi connectivity index (χ3n) is 2.86. The van der Waals surface area contributed by atoms with Gasteiger partial charge in [0.1, 0.15) is 0 Å². The molecule has 0 spiro atoms. The highest BCUT2D eigenvalue weighted by Gasteiger charge is 2.34. The van der Waals surface area contributed by atoms with E-state index < -0.39 is 23.6 Å². The number of hydrogen-bond acceptors (Lipinski definition) is 3. The van der Waals surface area contributed by atoms with Crippen LogP contribution in [0.4, 0.5) is 18.9 Å². The fourth-order valence-electron chi connectivity index (χ4n) is 1.83. The molecular formula is C13H16F3N3O2. The zero-order valence-electron chi connectivity index (χ0n) is 11.3. The van der Waals surface area contributed by atoms with Crippen molar-refractivity contribution in [3.63, 3.8) is 0 Å². The van der Waals surface area contributed by atoms with Gasteiger partial charge in [0.15, 0.2) is 5.84 Å². The minimum atomic E-state index is -4.58. The van der Waals surface area contributed by atoms with Gasteiger partial charge in [-0.1, -0.05) is 30.6 Å². The Bertz CT molecular complexity index is 530. The van der Waals surface area contributed by atoms with Crippen molar-refractivity contribution in [1.82, 2.24) is 0 Å². The monoisotopic (exact) mass is 303 g/mol. The molecular weight excluding hydrogens is 287 g/mol. The fourth-order valence-corrected chi connectivity index (χ4v) is 1.83. The molecule has 4 N–H and O–H groups in total. The number of amidine groups is 1. The highest BCUT2D eigenvalue weighted by molar-refractivity contribution is 6.07. The van der Waals surface area contributed by atoms with Gasteiger partial charge in [-0.05, 0) is 18.6 Å². The number of halogens is 3. The number of nitrogens with one attached hydrogen (secondary N) is 1. The molecule has 1 atom stereocenters. The fraction of sp³-hybridized carbons (Fsp3) is 0.385. The summed E-state index contributed by atoms with van der Waals surface area (Å²) >= 11 is 0. The molecule has 0 aliphatic heterocycles. The van der Waals surface area contributed by atoms with Gasteiger partial charge in [0, 0.05) is 0 Å². The number of nitrogens with zero attached hydrogens (tertiary/aromatic N) is 1. The van der Waals surface area contributed by atoms with Crippen molar-refractivity contribution in [2.24, 2.45) is 16.8 Å². The van der Waals surface area contributed by atoms with Gasteiger partial charge < -0.3 is 16.3 Å². The first kappa shape index (κ1) is 16.8. The van der Waals surface area contributed by atoms with Crippen LogP contribution in [0, 0.1) is 5.92 Å². The second-order valence-electron chi connectivity index (χ2n) is 4.40. The number of oxime groups is 1. The van der Waals surface area contributed by atoms with E-state index >= 15 is 0 Å². The molecule has 0 saturated heterocycles. The molecule has 1 aromatic rings. The lowest BCUT2D eigenvalue weighted by Crippen LogP contribution is -2.35. The third-order valence-corrected chi connectivity index (χ3v) is 2.86. The van der Waals surface area contributed by atoms with Crippen molar-refractivity contribution in [3.8, 4) is 0 Å². The maximum absolute atomic E-state index is 12.8. The van der Waals surface area contributed by atoms with Gasteiger partial charge >= 0.3 is 6.18 Å². The number of carbonyl (C=O) groups excluding carboxylic acids is 1. The van der Waals surface area contributed by atoms with Crippen molar-refractivity contribution in [2.45, 2.75) is 25.9 Å². The number of para-hydroxylation sites is 1. The number of amides is 1. The standard InChI is InChI=1S/C13H16F3N3O2/c1-2-5-8(11(17)19-21)12(20)18-10-7-4-3-6-9(10)13(14,15)16/h3-4,6-8,21H,2,5H2,1H3,(H2,17,19)(H,18,20). The molecule has 1 rings (SSSR count). The number of nitrogens with two attached hydrogens (primary N) is 1. The summed E-state index contributed by atoms with van der Waals surface area (Å²) in [5.41, 5.74) is 4.09. The first-order valence-corrected chi connectivity index (χ1v) is 6.25. The van der Waals surface area contributed by atoms with Gasteiger partial charge in [-0.2, -0.15) is 13.2 Å². The molecule has 116 valence electrons. The number of hydrogen-bond donors (Lipinski definition) is 3. The molecule has 1 amide bonds. The summed E-state index contributed by atoms with van der Waals surface area (Å²) in [5, 5.41) is 13.6. The highest BCUT2D eigenvalue weighted by Crippen LogP contribution is 2.34. The molecule has 21 heavy (non-hydrogen) atoms. The Kier molecular flexibility index (Phi) is 5.57. The van der Waals surface area contributed by atoms with Crippen LogP contribution < -0.4 is 11.1 Å². The summed E-state index contributed by atoms with van der Waals surface area (Å²) in [7, 11) is 0. The van der Waals surface area contributed by atoms with Crippen LogP contribution in [0.2, 0.25) is 0 Å². The number of anilines is 1. The van der Waals surface area contributed by atoms with E-state index in [0.29, 0.717) is 6.42 Å². The van der Waals surface area contributed by atoms with Gasteiger partial charge in [0.05, 0.1) is 17.2 Å². The maximum Gasteiger partial charge on any atom is 0.418 e. The largest absolute Gasteiger partial charge is 0.418 e. The van der Waals surface area contributed by atoms with E-state index in [4.69, 9.17) is 10.9 Å². The summed E-state index contributed by atoms with van der Waals surface area (Å²) in [6, 6.07) is 4.62. The number of benzene rings is 1. The van der Waals surface area contributed by atoms with Crippen LogP contribution in [-0.4, -0.2) is 17.0 Å². The molecule has 0 radical (unpaired) electrons. The zero-order chi connectivity index (χ0) is 16.0. The van der Waals surface area contributed by atoms with Crippen molar-refractivity contribution < 1.29 is 23.2 Å². The third kappa shape index (κ3) is 4.37. The lowest BCUT2D eigenvalue weighted by atomic mass is 10.0. The van der Waals surface area contributed by atoms with E-state index in [-0.39, 0.29) is 17.9 Å². The Balaban J connectivity index is 3.02. The Morgan fingerprint density at radius 3 is 2.57 bits per heavy atom. The SMILES string of the molecule is CCCC(C(=O)Nc1ccccc1C(F)(F)F)C(N)=NO. The van der Waals surface area contributed by atoms with Crippen LogP contribution in [-0.2, 0) is 11.0 Å². The van der Waals surface area contributed by atoms with E-state index in [9.17, 15) is 18.0 Å². The smallest absolute Gasteiger partial charge is 0.409 e. The normalized spacial score (nSPS) is 13.8. The predicted molar refractivity (Wildman–Crippen MR) is 71.9 cm³/mol. The molecule has 0 aromatic heterocycles. The molecule has 0 bridgehead atoms. The van der Waals surface area contributed by atoms with Crippen molar-refractivity contribution in [2.75, 3.05) is 5.32 Å². The first-order chi connectivity index (χ1) is 9.81. The molecule has 8 heteroatoms. The average Bonchev–Trinajstić information content (AvgIpc) is 2.43. The molecule has 0 aliphatic carbocycles. The lowest BCUT2D eigenvalue weighted by Gasteiger charge is -2.17. The Morgan fingerprint density at radius 2 is 2.05 bits per heavy atom. The molecule has 5 nitrogen and oxygen atoms in total. The molecule has 0 heterocycles. The van der Waals surface area contributed by atoms with E-state index in [1.807, 2.05) is 0 Å². The van der Waals surface area contributed by atoms with E-state index in [2.05, 4.69) is 10.5 Å². The number of alkyl halides is 3. The van der Waals surface area contributed by atoms with Gasteiger partial charge in [-0.15, -0.1) is 0 Å². The molecule has 1 aromatic carbocycles. The van der Waals surface area contributed by atoms with Crippen LogP contribution >= 0.6 is 0 Å². The maximum atomic E-state index is 12.8. The summed E-state index contributed by atoms with van der Waals surface area (Å²) in [6.45, 7) is 1.77. The topological polar surface area (TPSA) is 87.7 Å². The van der Waals surface area contributed by atoms with Crippen molar-refractivity contribution in [3.05, 3.63) is 29.8 Å². The minimum absolute atomic E-state index is 0.260. The second kappa shape index (κ2) is 6.96. The average molecular weight is 303 g/mol. The minimum Gasteiger partial charge on any atom is -0.409 e. The van der Waals surface area contributed by atoms with E-state index in [0.717, 1.165) is 12.1 Å². The molecule has 0 fully saturated rings. The summed E-state index contributed by atoms with van der Waals surface area (Å²) < 4.78 is 38.5. The number of rotatable bonds is 5. The zero-order valence-corrected chi connectivity index (χ0v) is 11.3. The van der Waals surface area contributed by atoms with Crippen LogP contribution in [0.15, 0.2) is 29.4 Å². The van der Waals surface area contributed by atoms with Crippen molar-refractivity contribution in [1.29, 1.82) is 0 Å². The highest BCUT2D eigenvalue weighted by atomic mass is 19.4. The van der Waals surface area contributed by atoms with Crippen molar-refractivity contribution >= 4 is 17.4 Å². The first-order valence-electron chi connectivity index (χ1n) is 6.25. The van der Waals surface area contributed by atoms with Gasteiger partial charge in [-0.3, -0.25) is 4.79 Å².